The average molecular weight is 668 g/mol. The smallest absolute Gasteiger partial charge is 1.00 e. The SMILES string of the molecule is [Br-].[CH2][C@H]1CC[C@]2(C)[C@H]3CC[C@]4(C)[C@@H]([C@H](C)CCCC(C)C)CC[C@H]4[C@@H]3C[C@]12CO.[Hg+]. The summed E-state index contributed by atoms with van der Waals surface area (Å²) in [6.45, 7) is 17.5. The Hall–Kier alpha value is 1.38. The van der Waals surface area contributed by atoms with Crippen LogP contribution in [0.2, 0.25) is 0 Å². The molecule has 0 bridgehead atoms. The van der Waals surface area contributed by atoms with Gasteiger partial charge in [-0.2, -0.15) is 0 Å². The van der Waals surface area contributed by atoms with Crippen LogP contribution in [0.3, 0.4) is 0 Å². The monoisotopic (exact) mass is 668 g/mol. The average Bonchev–Trinajstić information content (AvgIpc) is 3.20. The summed E-state index contributed by atoms with van der Waals surface area (Å²) in [6, 6.07) is 0. The molecule has 4 rings (SSSR count). The summed E-state index contributed by atoms with van der Waals surface area (Å²) in [6.07, 6.45) is 13.8. The van der Waals surface area contributed by atoms with Gasteiger partial charge in [-0.1, -0.05) is 53.9 Å². The van der Waals surface area contributed by atoms with Crippen LogP contribution in [0.5, 0.6) is 0 Å². The van der Waals surface area contributed by atoms with E-state index in [-0.39, 0.29) is 50.1 Å². The molecule has 4 fully saturated rings. The first-order valence-electron chi connectivity index (χ1n) is 12.6. The van der Waals surface area contributed by atoms with Crippen molar-refractivity contribution in [2.45, 2.75) is 98.8 Å². The van der Waals surface area contributed by atoms with E-state index in [0.29, 0.717) is 23.4 Å². The van der Waals surface area contributed by atoms with Gasteiger partial charge in [-0.25, -0.2) is 0 Å². The van der Waals surface area contributed by atoms with Gasteiger partial charge in [0.15, 0.2) is 0 Å². The molecule has 4 saturated carbocycles. The van der Waals surface area contributed by atoms with Gasteiger partial charge >= 0.3 is 27.7 Å². The van der Waals surface area contributed by atoms with Crippen molar-refractivity contribution in [2.75, 3.05) is 6.61 Å². The Morgan fingerprint density at radius 1 is 0.967 bits per heavy atom. The molecule has 0 heterocycles. The first-order chi connectivity index (χ1) is 13.2. The van der Waals surface area contributed by atoms with E-state index < -0.39 is 0 Å². The molecular weight excluding hydrogens is 621 g/mol. The summed E-state index contributed by atoms with van der Waals surface area (Å²) in [5.74, 6) is 5.73. The molecule has 170 valence electrons. The number of aliphatic hydroxyl groups is 1. The summed E-state index contributed by atoms with van der Waals surface area (Å²) in [5.41, 5.74) is 1.02. The number of rotatable bonds is 6. The van der Waals surface area contributed by atoms with Crippen LogP contribution in [0.25, 0.3) is 0 Å². The quantitative estimate of drug-likeness (QED) is 0.423. The van der Waals surface area contributed by atoms with Gasteiger partial charge in [0.1, 0.15) is 0 Å². The first-order valence-corrected chi connectivity index (χ1v) is 12.6. The van der Waals surface area contributed by atoms with Gasteiger partial charge < -0.3 is 22.1 Å². The van der Waals surface area contributed by atoms with Gasteiger partial charge in [0, 0.05) is 12.0 Å². The van der Waals surface area contributed by atoms with Crippen molar-refractivity contribution >= 4 is 0 Å². The predicted molar refractivity (Wildman–Crippen MR) is 119 cm³/mol. The van der Waals surface area contributed by atoms with Crippen molar-refractivity contribution in [1.29, 1.82) is 0 Å². The molecule has 0 spiro atoms. The molecule has 1 N–H and O–H groups in total. The minimum atomic E-state index is 0. The predicted octanol–water partition coefficient (Wildman–Crippen LogP) is 4.14. The minimum absolute atomic E-state index is 0. The van der Waals surface area contributed by atoms with Gasteiger partial charge in [0.05, 0.1) is 0 Å². The molecular formula is C27H47BrHgO. The van der Waals surface area contributed by atoms with Crippen LogP contribution < -0.4 is 17.0 Å². The number of hydrogen-bond acceptors (Lipinski definition) is 1. The molecule has 4 aliphatic rings. The Balaban J connectivity index is 0.00000160. The number of hydrogen-bond donors (Lipinski definition) is 1. The second kappa shape index (κ2) is 9.93. The van der Waals surface area contributed by atoms with E-state index in [2.05, 4.69) is 41.5 Å². The standard InChI is InChI=1S/C27H47O.BrH.Hg/c1-18(2)8-7-9-19(3)22-10-11-23-21-16-27(17-28)20(4)12-15-26(27,6)24(21)13-14-25(22,23)5;;/h18-24,28H,4,7-17H2,1-3,5-6H3;1H;/q;;+1/p-1/t19-,20+,21+,22-,23+,24+,25-,26-,27+;;/m1../s1. The zero-order valence-corrected chi connectivity index (χ0v) is 27.6. The second-order valence-electron chi connectivity index (χ2n) is 12.6. The molecule has 0 aromatic rings. The van der Waals surface area contributed by atoms with Crippen molar-refractivity contribution in [3.05, 3.63) is 6.92 Å². The summed E-state index contributed by atoms with van der Waals surface area (Å²) in [5, 5.41) is 10.6. The van der Waals surface area contributed by atoms with E-state index >= 15 is 0 Å². The zero-order valence-electron chi connectivity index (χ0n) is 20.6. The fourth-order valence-corrected chi connectivity index (χ4v) is 9.60. The van der Waals surface area contributed by atoms with Gasteiger partial charge in [0.2, 0.25) is 0 Å². The Morgan fingerprint density at radius 3 is 2.30 bits per heavy atom. The van der Waals surface area contributed by atoms with Crippen molar-refractivity contribution in [3.8, 4) is 0 Å². The topological polar surface area (TPSA) is 20.2 Å². The van der Waals surface area contributed by atoms with Crippen molar-refractivity contribution in [3.63, 3.8) is 0 Å². The van der Waals surface area contributed by atoms with Crippen LogP contribution >= 0.6 is 0 Å². The van der Waals surface area contributed by atoms with E-state index in [9.17, 15) is 5.11 Å². The van der Waals surface area contributed by atoms with Crippen LogP contribution in [-0.4, -0.2) is 11.7 Å². The Kier molecular flexibility index (Phi) is 9.14. The summed E-state index contributed by atoms with van der Waals surface area (Å²) < 4.78 is 0. The number of halogens is 1. The first kappa shape index (κ1) is 27.6. The molecule has 2 radical (unpaired) electrons. The second-order valence-corrected chi connectivity index (χ2v) is 12.6. The Labute approximate surface area is 218 Å². The fourth-order valence-electron chi connectivity index (χ4n) is 9.60. The van der Waals surface area contributed by atoms with Gasteiger partial charge in [-0.15, -0.1) is 0 Å². The summed E-state index contributed by atoms with van der Waals surface area (Å²) in [4.78, 5) is 0. The summed E-state index contributed by atoms with van der Waals surface area (Å²) >= 11 is 0. The van der Waals surface area contributed by atoms with E-state index in [1.807, 2.05) is 0 Å². The molecule has 0 unspecified atom stereocenters. The van der Waals surface area contributed by atoms with Crippen LogP contribution in [0, 0.1) is 64.6 Å². The van der Waals surface area contributed by atoms with E-state index in [0.717, 1.165) is 35.5 Å². The van der Waals surface area contributed by atoms with E-state index in [4.69, 9.17) is 0 Å². The van der Waals surface area contributed by atoms with Gasteiger partial charge in [-0.05, 0) is 104 Å². The van der Waals surface area contributed by atoms with Crippen LogP contribution in [0.1, 0.15) is 98.8 Å². The maximum Gasteiger partial charge on any atom is 1.00 e. The third-order valence-electron chi connectivity index (χ3n) is 11.3. The molecule has 30 heavy (non-hydrogen) atoms. The third kappa shape index (κ3) is 3.95. The van der Waals surface area contributed by atoms with Crippen LogP contribution in [0.4, 0.5) is 0 Å². The Morgan fingerprint density at radius 2 is 1.67 bits per heavy atom. The largest absolute Gasteiger partial charge is 1.00 e. The Bertz CT molecular complexity index is 581. The number of aliphatic hydroxyl groups excluding tert-OH is 1. The normalized spacial score (nSPS) is 47.8. The molecule has 1 nitrogen and oxygen atoms in total. The molecule has 0 amide bonds. The molecule has 0 aromatic carbocycles. The molecule has 0 saturated heterocycles. The van der Waals surface area contributed by atoms with Crippen molar-refractivity contribution in [1.82, 2.24) is 0 Å². The maximum absolute atomic E-state index is 10.6. The maximum atomic E-state index is 10.6. The van der Waals surface area contributed by atoms with Gasteiger partial charge in [0.25, 0.3) is 0 Å². The van der Waals surface area contributed by atoms with E-state index in [1.54, 1.807) is 0 Å². The van der Waals surface area contributed by atoms with Crippen molar-refractivity contribution < 1.29 is 49.8 Å². The molecule has 3 heteroatoms. The van der Waals surface area contributed by atoms with Crippen LogP contribution in [-0.2, 0) is 27.7 Å². The molecule has 0 aromatic heterocycles. The van der Waals surface area contributed by atoms with Gasteiger partial charge in [-0.3, -0.25) is 0 Å². The fraction of sp³-hybridized carbons (Fsp3) is 0.963. The van der Waals surface area contributed by atoms with E-state index in [1.165, 1.54) is 64.2 Å². The molecule has 9 atom stereocenters. The number of fused-ring (bicyclic) bond motifs is 5. The summed E-state index contributed by atoms with van der Waals surface area (Å²) in [7, 11) is 0. The van der Waals surface area contributed by atoms with Crippen molar-refractivity contribution in [2.24, 2.45) is 57.7 Å². The third-order valence-corrected chi connectivity index (χ3v) is 11.3. The zero-order chi connectivity index (χ0) is 20.3. The molecule has 0 aliphatic heterocycles. The van der Waals surface area contributed by atoms with Crippen LogP contribution in [0.15, 0.2) is 0 Å². The minimum Gasteiger partial charge on any atom is -1.00 e. The molecule has 4 aliphatic carbocycles.